The molecule has 11 heteroatoms. The van der Waals surface area contributed by atoms with Crippen LogP contribution < -0.4 is 4.72 Å². The Morgan fingerprint density at radius 3 is 2.35 bits per heavy atom. The van der Waals surface area contributed by atoms with Crippen LogP contribution in [0.4, 0.5) is 0 Å². The minimum atomic E-state index is -3.50. The Hall–Kier alpha value is -0.0400. The fraction of sp³-hybridized carbons (Fsp3) is 0.667. The van der Waals surface area contributed by atoms with Gasteiger partial charge in [0, 0.05) is 33.7 Å². The summed E-state index contributed by atoms with van der Waals surface area (Å²) in [6.07, 6.45) is 1.29. The van der Waals surface area contributed by atoms with Crippen molar-refractivity contribution in [1.82, 2.24) is 13.3 Å². The Morgan fingerprint density at radius 2 is 1.87 bits per heavy atom. The summed E-state index contributed by atoms with van der Waals surface area (Å²) in [5, 5.41) is 0. The highest BCUT2D eigenvalue weighted by molar-refractivity contribution is 9.11. The zero-order chi connectivity index (χ0) is 17.3. The van der Waals surface area contributed by atoms with Gasteiger partial charge in [0.1, 0.15) is 4.21 Å². The van der Waals surface area contributed by atoms with Crippen LogP contribution in [0.1, 0.15) is 12.8 Å². The largest absolute Gasteiger partial charge is 0.281 e. The first kappa shape index (κ1) is 19.3. The topological polar surface area (TPSA) is 86.8 Å². The molecule has 2 heterocycles. The van der Waals surface area contributed by atoms with Crippen molar-refractivity contribution < 1.29 is 16.8 Å². The van der Waals surface area contributed by atoms with Gasteiger partial charge in [-0.25, -0.2) is 13.1 Å². The van der Waals surface area contributed by atoms with E-state index in [1.807, 2.05) is 0 Å². The van der Waals surface area contributed by atoms with E-state index in [0.717, 1.165) is 15.1 Å². The maximum atomic E-state index is 12.2. The molecule has 0 amide bonds. The summed E-state index contributed by atoms with van der Waals surface area (Å²) in [5.41, 5.74) is 0. The lowest BCUT2D eigenvalue weighted by Crippen LogP contribution is -2.45. The van der Waals surface area contributed by atoms with Gasteiger partial charge < -0.3 is 0 Å². The molecule has 1 saturated heterocycles. The normalized spacial score (nSPS) is 18.6. The number of hydrogen-bond acceptors (Lipinski definition) is 5. The Balaban J connectivity index is 1.88. The van der Waals surface area contributed by atoms with Crippen LogP contribution in [0, 0.1) is 5.92 Å². The molecule has 7 nitrogen and oxygen atoms in total. The number of rotatable bonds is 6. The van der Waals surface area contributed by atoms with E-state index >= 15 is 0 Å². The number of nitrogens with zero attached hydrogens (tertiary/aromatic N) is 2. The minimum absolute atomic E-state index is 0.141. The molecule has 132 valence electrons. The third-order valence-electron chi connectivity index (χ3n) is 3.74. The number of piperidine rings is 1. The molecule has 0 radical (unpaired) electrons. The molecule has 1 N–H and O–H groups in total. The minimum Gasteiger partial charge on any atom is -0.210 e. The van der Waals surface area contributed by atoms with Gasteiger partial charge in [0.15, 0.2) is 0 Å². The number of halogens is 1. The number of nitrogens with one attached hydrogen (secondary N) is 1. The molecule has 1 aliphatic heterocycles. The smallest absolute Gasteiger partial charge is 0.210 e. The van der Waals surface area contributed by atoms with Crippen LogP contribution in [0.5, 0.6) is 0 Å². The van der Waals surface area contributed by atoms with Gasteiger partial charge in [-0.15, -0.1) is 11.3 Å². The number of sulfonamides is 1. The predicted octanol–water partition coefficient (Wildman–Crippen LogP) is 1.31. The summed E-state index contributed by atoms with van der Waals surface area (Å²) >= 11 is 4.41. The van der Waals surface area contributed by atoms with Gasteiger partial charge in [-0.1, -0.05) is 0 Å². The predicted molar refractivity (Wildman–Crippen MR) is 94.1 cm³/mol. The molecule has 0 saturated carbocycles. The first-order valence-corrected chi connectivity index (χ1v) is 11.5. The third kappa shape index (κ3) is 4.74. The highest BCUT2D eigenvalue weighted by Crippen LogP contribution is 2.26. The van der Waals surface area contributed by atoms with Gasteiger partial charge in [0.05, 0.1) is 3.79 Å². The van der Waals surface area contributed by atoms with E-state index < -0.39 is 20.2 Å². The highest BCUT2D eigenvalue weighted by atomic mass is 79.9. The number of hydrogen-bond donors (Lipinski definition) is 1. The molecule has 0 spiro atoms. The van der Waals surface area contributed by atoms with Crippen molar-refractivity contribution in [3.05, 3.63) is 15.9 Å². The van der Waals surface area contributed by atoms with Crippen molar-refractivity contribution in [3.63, 3.8) is 0 Å². The summed E-state index contributed by atoms with van der Waals surface area (Å²) < 4.78 is 54.7. The SMILES string of the molecule is CN(C)S(=O)(=O)N1CCC(CNS(=O)(=O)c2ccc(Br)s2)CC1. The Bertz CT molecular complexity index is 737. The van der Waals surface area contributed by atoms with Gasteiger partial charge in [0.25, 0.3) is 10.2 Å². The molecule has 1 aromatic rings. The van der Waals surface area contributed by atoms with Crippen LogP contribution >= 0.6 is 27.3 Å². The van der Waals surface area contributed by atoms with Crippen molar-refractivity contribution >= 4 is 47.5 Å². The lowest BCUT2D eigenvalue weighted by atomic mass is 9.99. The molecule has 0 bridgehead atoms. The van der Waals surface area contributed by atoms with Crippen LogP contribution in [0.25, 0.3) is 0 Å². The molecule has 0 aromatic carbocycles. The average Bonchev–Trinajstić information content (AvgIpc) is 2.93. The van der Waals surface area contributed by atoms with E-state index in [1.165, 1.54) is 22.7 Å². The quantitative estimate of drug-likeness (QED) is 0.714. The molecular formula is C12H20BrN3O4S3. The van der Waals surface area contributed by atoms with E-state index in [1.54, 1.807) is 12.1 Å². The van der Waals surface area contributed by atoms with Gasteiger partial charge in [-0.2, -0.15) is 17.0 Å². The summed E-state index contributed by atoms with van der Waals surface area (Å²) in [5.74, 6) is 0.141. The summed E-state index contributed by atoms with van der Waals surface area (Å²) in [4.78, 5) is 0. The maximum absolute atomic E-state index is 12.2. The number of thiophene rings is 1. The lowest BCUT2D eigenvalue weighted by molar-refractivity contribution is 0.263. The Morgan fingerprint density at radius 1 is 1.26 bits per heavy atom. The summed E-state index contributed by atoms with van der Waals surface area (Å²) in [6, 6.07) is 3.26. The van der Waals surface area contributed by atoms with Gasteiger partial charge in [-0.3, -0.25) is 0 Å². The second-order valence-corrected chi connectivity index (χ2v) is 12.1. The van der Waals surface area contributed by atoms with Crippen LogP contribution in [0.2, 0.25) is 0 Å². The maximum Gasteiger partial charge on any atom is 0.281 e. The summed E-state index contributed by atoms with van der Waals surface area (Å²) in [6.45, 7) is 1.16. The zero-order valence-electron chi connectivity index (χ0n) is 12.9. The third-order valence-corrected chi connectivity index (χ3v) is 9.22. The van der Waals surface area contributed by atoms with Crippen molar-refractivity contribution in [3.8, 4) is 0 Å². The second-order valence-electron chi connectivity index (χ2n) is 5.54. The monoisotopic (exact) mass is 445 g/mol. The summed E-state index contributed by atoms with van der Waals surface area (Å²) in [7, 11) is -3.86. The van der Waals surface area contributed by atoms with E-state index in [9.17, 15) is 16.8 Å². The first-order chi connectivity index (χ1) is 10.6. The van der Waals surface area contributed by atoms with E-state index in [0.29, 0.717) is 32.5 Å². The Labute approximate surface area is 150 Å². The van der Waals surface area contributed by atoms with Gasteiger partial charge >= 0.3 is 0 Å². The van der Waals surface area contributed by atoms with Gasteiger partial charge in [0.2, 0.25) is 10.0 Å². The van der Waals surface area contributed by atoms with E-state index in [2.05, 4.69) is 20.7 Å². The molecule has 0 aliphatic carbocycles. The molecular weight excluding hydrogens is 426 g/mol. The van der Waals surface area contributed by atoms with E-state index in [4.69, 9.17) is 0 Å². The molecule has 1 aromatic heterocycles. The molecule has 1 aliphatic rings. The zero-order valence-corrected chi connectivity index (χ0v) is 16.9. The van der Waals surface area contributed by atoms with Crippen molar-refractivity contribution in [2.45, 2.75) is 17.1 Å². The molecule has 0 atom stereocenters. The first-order valence-electron chi connectivity index (χ1n) is 7.05. The average molecular weight is 446 g/mol. The van der Waals surface area contributed by atoms with Gasteiger partial charge in [-0.05, 0) is 46.8 Å². The van der Waals surface area contributed by atoms with E-state index in [-0.39, 0.29) is 10.1 Å². The molecule has 23 heavy (non-hydrogen) atoms. The fourth-order valence-corrected chi connectivity index (χ4v) is 6.62. The lowest BCUT2D eigenvalue weighted by Gasteiger charge is -2.32. The second kappa shape index (κ2) is 7.46. The highest BCUT2D eigenvalue weighted by Gasteiger charge is 2.30. The molecule has 0 unspecified atom stereocenters. The fourth-order valence-electron chi connectivity index (χ4n) is 2.32. The Kier molecular flexibility index (Phi) is 6.26. The van der Waals surface area contributed by atoms with Crippen LogP contribution in [0.3, 0.4) is 0 Å². The van der Waals surface area contributed by atoms with Crippen LogP contribution in [-0.2, 0) is 20.2 Å². The molecule has 2 rings (SSSR count). The van der Waals surface area contributed by atoms with Crippen LogP contribution in [0.15, 0.2) is 20.1 Å². The van der Waals surface area contributed by atoms with Crippen molar-refractivity contribution in [1.29, 1.82) is 0 Å². The molecule has 1 fully saturated rings. The van der Waals surface area contributed by atoms with Crippen molar-refractivity contribution in [2.24, 2.45) is 5.92 Å². The van der Waals surface area contributed by atoms with Crippen LogP contribution in [-0.4, -0.2) is 59.2 Å². The van der Waals surface area contributed by atoms with Crippen molar-refractivity contribution in [2.75, 3.05) is 33.7 Å². The standard InChI is InChI=1S/C12H20BrN3O4S3/c1-15(2)23(19,20)16-7-5-10(6-8-16)9-14-22(17,18)12-4-3-11(13)21-12/h3-4,10,14H,5-9H2,1-2H3.